The predicted molar refractivity (Wildman–Crippen MR) is 145 cm³/mol. The summed E-state index contributed by atoms with van der Waals surface area (Å²) in [5.74, 6) is -1.90. The molecule has 0 saturated carbocycles. The standard InChI is InChI=1S/C29H32N2O7S/c1-21(2)17-27(29(34)37-20-22-9-5-3-6-10-22)28(33)30-18-23(32)19-31-39(35,36)26-15-13-25(14-16-26)38-24-11-7-4-8-12-24/h3-16,21,27,31H,17-20H2,1-2H3,(H,30,33)/t27-/m0/s1. The molecule has 1 atom stereocenters. The summed E-state index contributed by atoms with van der Waals surface area (Å²) in [6.45, 7) is 2.79. The Morgan fingerprint density at radius 1 is 0.795 bits per heavy atom. The third-order valence-electron chi connectivity index (χ3n) is 5.56. The molecule has 0 radical (unpaired) electrons. The van der Waals surface area contributed by atoms with Crippen LogP contribution in [0.4, 0.5) is 0 Å². The molecule has 206 valence electrons. The van der Waals surface area contributed by atoms with E-state index in [1.807, 2.05) is 50.2 Å². The Morgan fingerprint density at radius 3 is 2.00 bits per heavy atom. The number of hydrogen-bond donors (Lipinski definition) is 2. The molecule has 0 aliphatic heterocycles. The molecule has 2 N–H and O–H groups in total. The van der Waals surface area contributed by atoms with Crippen molar-refractivity contribution < 1.29 is 32.3 Å². The minimum absolute atomic E-state index is 0.0250. The third kappa shape index (κ3) is 9.66. The topological polar surface area (TPSA) is 128 Å². The van der Waals surface area contributed by atoms with Crippen LogP contribution < -0.4 is 14.8 Å². The average Bonchev–Trinajstić information content (AvgIpc) is 2.93. The summed E-state index contributed by atoms with van der Waals surface area (Å²) in [6.07, 6.45) is 0.240. The van der Waals surface area contributed by atoms with Gasteiger partial charge in [0.2, 0.25) is 15.9 Å². The summed E-state index contributed by atoms with van der Waals surface area (Å²) in [5, 5.41) is 2.43. The van der Waals surface area contributed by atoms with E-state index in [2.05, 4.69) is 10.0 Å². The number of nitrogens with one attached hydrogen (secondary N) is 2. The van der Waals surface area contributed by atoms with Gasteiger partial charge < -0.3 is 14.8 Å². The van der Waals surface area contributed by atoms with Crippen LogP contribution in [0.1, 0.15) is 25.8 Å². The molecule has 0 heterocycles. The van der Waals surface area contributed by atoms with Gasteiger partial charge in [-0.3, -0.25) is 14.4 Å². The molecule has 3 aromatic rings. The number of carbonyl (C=O) groups is 3. The fourth-order valence-corrected chi connectivity index (χ4v) is 4.56. The first-order chi connectivity index (χ1) is 18.6. The van der Waals surface area contributed by atoms with Crippen molar-refractivity contribution in [1.29, 1.82) is 0 Å². The maximum atomic E-state index is 12.7. The monoisotopic (exact) mass is 552 g/mol. The molecule has 10 heteroatoms. The van der Waals surface area contributed by atoms with Crippen molar-refractivity contribution in [2.45, 2.75) is 31.8 Å². The summed E-state index contributed by atoms with van der Waals surface area (Å²) in [6, 6.07) is 23.9. The van der Waals surface area contributed by atoms with Crippen LogP contribution in [-0.4, -0.2) is 39.2 Å². The van der Waals surface area contributed by atoms with Gasteiger partial charge in [0.25, 0.3) is 0 Å². The second-order valence-corrected chi connectivity index (χ2v) is 11.0. The van der Waals surface area contributed by atoms with Crippen molar-refractivity contribution in [3.05, 3.63) is 90.5 Å². The number of Topliss-reactive ketones (excluding diaryl/α,β-unsaturated/α-hetero) is 1. The van der Waals surface area contributed by atoms with Crippen LogP contribution in [0.2, 0.25) is 0 Å². The molecule has 0 aliphatic rings. The molecule has 0 bridgehead atoms. The lowest BCUT2D eigenvalue weighted by atomic mass is 9.96. The van der Waals surface area contributed by atoms with Gasteiger partial charge in [-0.25, -0.2) is 13.1 Å². The number of ether oxygens (including phenoxy) is 2. The molecule has 0 saturated heterocycles. The second-order valence-electron chi connectivity index (χ2n) is 9.24. The minimum atomic E-state index is -3.98. The van der Waals surface area contributed by atoms with Crippen LogP contribution in [0.3, 0.4) is 0 Å². The number of benzene rings is 3. The molecule has 39 heavy (non-hydrogen) atoms. The SMILES string of the molecule is CC(C)C[C@@H](C(=O)NCC(=O)CNS(=O)(=O)c1ccc(Oc2ccccc2)cc1)C(=O)OCc1ccccc1. The largest absolute Gasteiger partial charge is 0.460 e. The summed E-state index contributed by atoms with van der Waals surface area (Å²) in [7, 11) is -3.98. The number of amides is 1. The molecule has 0 fully saturated rings. The van der Waals surface area contributed by atoms with Gasteiger partial charge in [0.15, 0.2) is 5.78 Å². The van der Waals surface area contributed by atoms with E-state index in [9.17, 15) is 22.8 Å². The van der Waals surface area contributed by atoms with Crippen molar-refractivity contribution >= 4 is 27.7 Å². The summed E-state index contributed by atoms with van der Waals surface area (Å²) in [4.78, 5) is 37.6. The van der Waals surface area contributed by atoms with Gasteiger partial charge in [-0.2, -0.15) is 0 Å². The highest BCUT2D eigenvalue weighted by Crippen LogP contribution is 2.22. The quantitative estimate of drug-likeness (QED) is 0.230. The normalized spacial score (nSPS) is 12.0. The number of carbonyl (C=O) groups excluding carboxylic acids is 3. The highest BCUT2D eigenvalue weighted by Gasteiger charge is 2.29. The zero-order chi connectivity index (χ0) is 28.3. The highest BCUT2D eigenvalue weighted by molar-refractivity contribution is 7.89. The summed E-state index contributed by atoms with van der Waals surface area (Å²) >= 11 is 0. The first-order valence-electron chi connectivity index (χ1n) is 12.5. The van der Waals surface area contributed by atoms with Crippen molar-refractivity contribution in [2.75, 3.05) is 13.1 Å². The maximum Gasteiger partial charge on any atom is 0.318 e. The molecular formula is C29H32N2O7S. The van der Waals surface area contributed by atoms with E-state index in [-0.39, 0.29) is 23.8 Å². The van der Waals surface area contributed by atoms with Crippen LogP contribution in [0, 0.1) is 11.8 Å². The van der Waals surface area contributed by atoms with Crippen LogP contribution in [0.15, 0.2) is 89.8 Å². The second kappa shape index (κ2) is 14.2. The van der Waals surface area contributed by atoms with Crippen molar-refractivity contribution in [2.24, 2.45) is 11.8 Å². The van der Waals surface area contributed by atoms with E-state index >= 15 is 0 Å². The summed E-state index contributed by atoms with van der Waals surface area (Å²) < 4.78 is 38.4. The zero-order valence-electron chi connectivity index (χ0n) is 21.8. The lowest BCUT2D eigenvalue weighted by molar-refractivity contribution is -0.154. The Hall–Kier alpha value is -4.02. The molecule has 0 spiro atoms. The van der Waals surface area contributed by atoms with Gasteiger partial charge in [0.05, 0.1) is 18.0 Å². The number of ketones is 1. The molecule has 9 nitrogen and oxygen atoms in total. The number of rotatable bonds is 14. The molecular weight excluding hydrogens is 520 g/mol. The smallest absolute Gasteiger partial charge is 0.318 e. The molecule has 0 aromatic heterocycles. The van der Waals surface area contributed by atoms with Crippen LogP contribution in [0.5, 0.6) is 11.5 Å². The highest BCUT2D eigenvalue weighted by atomic mass is 32.2. The lowest BCUT2D eigenvalue weighted by Gasteiger charge is -2.17. The van der Waals surface area contributed by atoms with Crippen molar-refractivity contribution in [1.82, 2.24) is 10.0 Å². The lowest BCUT2D eigenvalue weighted by Crippen LogP contribution is -2.42. The first kappa shape index (κ1) is 29.5. The van der Waals surface area contributed by atoms with E-state index < -0.39 is 46.7 Å². The van der Waals surface area contributed by atoms with Gasteiger partial charge in [-0.05, 0) is 54.3 Å². The van der Waals surface area contributed by atoms with Crippen molar-refractivity contribution in [3.8, 4) is 11.5 Å². The molecule has 3 rings (SSSR count). The Balaban J connectivity index is 1.49. The number of para-hydroxylation sites is 1. The van der Waals surface area contributed by atoms with Gasteiger partial charge in [-0.15, -0.1) is 0 Å². The number of hydrogen-bond acceptors (Lipinski definition) is 7. The Bertz CT molecular complexity index is 1340. The minimum Gasteiger partial charge on any atom is -0.460 e. The third-order valence-corrected chi connectivity index (χ3v) is 6.98. The Labute approximate surface area is 228 Å². The average molecular weight is 553 g/mol. The predicted octanol–water partition coefficient (Wildman–Crippen LogP) is 3.85. The fourth-order valence-electron chi connectivity index (χ4n) is 3.55. The number of esters is 1. The van der Waals surface area contributed by atoms with E-state index in [1.54, 1.807) is 24.3 Å². The van der Waals surface area contributed by atoms with Crippen LogP contribution in [-0.2, 0) is 35.8 Å². The van der Waals surface area contributed by atoms with Crippen molar-refractivity contribution in [3.63, 3.8) is 0 Å². The fraction of sp³-hybridized carbons (Fsp3) is 0.276. The Kier molecular flexibility index (Phi) is 10.8. The van der Waals surface area contributed by atoms with Gasteiger partial charge in [0.1, 0.15) is 24.0 Å². The van der Waals surface area contributed by atoms with E-state index in [4.69, 9.17) is 9.47 Å². The van der Waals surface area contributed by atoms with E-state index in [0.29, 0.717) is 11.5 Å². The van der Waals surface area contributed by atoms with Gasteiger partial charge in [-0.1, -0.05) is 62.4 Å². The molecule has 0 aliphatic carbocycles. The maximum absolute atomic E-state index is 12.7. The Morgan fingerprint density at radius 2 is 1.38 bits per heavy atom. The van der Waals surface area contributed by atoms with E-state index in [1.165, 1.54) is 24.3 Å². The number of sulfonamides is 1. The zero-order valence-corrected chi connectivity index (χ0v) is 22.6. The first-order valence-corrected chi connectivity index (χ1v) is 13.9. The van der Waals surface area contributed by atoms with Gasteiger partial charge in [0, 0.05) is 0 Å². The molecule has 1 amide bonds. The summed E-state index contributed by atoms with van der Waals surface area (Å²) in [5.41, 5.74) is 0.787. The molecule has 3 aromatic carbocycles. The molecule has 0 unspecified atom stereocenters. The van der Waals surface area contributed by atoms with Gasteiger partial charge >= 0.3 is 5.97 Å². The van der Waals surface area contributed by atoms with Crippen LogP contribution in [0.25, 0.3) is 0 Å². The van der Waals surface area contributed by atoms with Crippen LogP contribution >= 0.6 is 0 Å². The van der Waals surface area contributed by atoms with E-state index in [0.717, 1.165) is 5.56 Å².